The molecule has 5 nitrogen and oxygen atoms in total. The van der Waals surface area contributed by atoms with E-state index >= 15 is 0 Å². The molecule has 0 heterocycles. The Kier molecular flexibility index (Phi) is 8.94. The molecule has 3 aromatic carbocycles. The van der Waals surface area contributed by atoms with Crippen LogP contribution in [-0.2, 0) is 22.6 Å². The minimum absolute atomic E-state index is 0.0304. The molecule has 0 saturated heterocycles. The first-order chi connectivity index (χ1) is 17.9. The molecule has 0 aromatic heterocycles. The minimum Gasteiger partial charge on any atom is -0.483 e. The predicted octanol–water partition coefficient (Wildman–Crippen LogP) is 5.52. The van der Waals surface area contributed by atoms with Gasteiger partial charge in [-0.25, -0.2) is 4.39 Å². The van der Waals surface area contributed by atoms with Crippen LogP contribution in [0, 0.1) is 19.7 Å². The molecular weight excluding hydrogens is 467 g/mol. The molecule has 1 fully saturated rings. The summed E-state index contributed by atoms with van der Waals surface area (Å²) in [5.41, 5.74) is 3.31. The molecule has 0 aliphatic heterocycles. The Morgan fingerprint density at radius 3 is 2.41 bits per heavy atom. The molecule has 6 heteroatoms. The Morgan fingerprint density at radius 2 is 1.70 bits per heavy atom. The van der Waals surface area contributed by atoms with E-state index in [1.807, 2.05) is 62.4 Å². The highest BCUT2D eigenvalue weighted by atomic mass is 19.1. The number of ether oxygens (including phenoxy) is 1. The molecule has 194 valence electrons. The van der Waals surface area contributed by atoms with Crippen molar-refractivity contribution in [3.63, 3.8) is 0 Å². The van der Waals surface area contributed by atoms with E-state index in [2.05, 4.69) is 5.32 Å². The number of nitrogens with one attached hydrogen (secondary N) is 1. The molecule has 3 aromatic rings. The Balaban J connectivity index is 1.63. The maximum Gasteiger partial charge on any atom is 0.261 e. The SMILES string of the molecule is Cc1ccc(OCC(=O)N(Cc2ccccc2F)C(Cc2ccccc2)C(=O)NC2CCCC2)c(C)c1. The van der Waals surface area contributed by atoms with Crippen LogP contribution in [0.4, 0.5) is 4.39 Å². The van der Waals surface area contributed by atoms with Gasteiger partial charge in [-0.2, -0.15) is 0 Å². The molecule has 1 unspecified atom stereocenters. The van der Waals surface area contributed by atoms with Crippen molar-refractivity contribution in [2.75, 3.05) is 6.61 Å². The quantitative estimate of drug-likeness (QED) is 0.397. The molecule has 0 radical (unpaired) electrons. The monoisotopic (exact) mass is 502 g/mol. The first-order valence-corrected chi connectivity index (χ1v) is 13.0. The first kappa shape index (κ1) is 26.4. The number of hydrogen-bond acceptors (Lipinski definition) is 3. The molecule has 0 spiro atoms. The third-order valence-corrected chi connectivity index (χ3v) is 6.95. The standard InChI is InChI=1S/C31H35FN2O3/c1-22-16-17-29(23(2)18-22)37-21-30(35)34(20-25-12-6-9-15-27(25)32)28(19-24-10-4-3-5-11-24)31(36)33-26-13-7-8-14-26/h3-6,9-12,15-18,26,28H,7-8,13-14,19-21H2,1-2H3,(H,33,36). The zero-order valence-electron chi connectivity index (χ0n) is 21.6. The van der Waals surface area contributed by atoms with Crippen LogP contribution in [0.1, 0.15) is 47.9 Å². The summed E-state index contributed by atoms with van der Waals surface area (Å²) in [6.45, 7) is 3.64. The minimum atomic E-state index is -0.808. The van der Waals surface area contributed by atoms with Crippen molar-refractivity contribution < 1.29 is 18.7 Å². The molecule has 0 bridgehead atoms. The van der Waals surface area contributed by atoms with E-state index in [1.165, 1.54) is 11.0 Å². The first-order valence-electron chi connectivity index (χ1n) is 13.0. The van der Waals surface area contributed by atoms with Crippen LogP contribution >= 0.6 is 0 Å². The van der Waals surface area contributed by atoms with Gasteiger partial charge in [0.15, 0.2) is 6.61 Å². The Morgan fingerprint density at radius 1 is 1.00 bits per heavy atom. The largest absolute Gasteiger partial charge is 0.483 e. The van der Waals surface area contributed by atoms with E-state index in [0.29, 0.717) is 17.7 Å². The van der Waals surface area contributed by atoms with Crippen LogP contribution < -0.4 is 10.1 Å². The molecule has 1 N–H and O–H groups in total. The number of aryl methyl sites for hydroxylation is 2. The molecule has 37 heavy (non-hydrogen) atoms. The van der Waals surface area contributed by atoms with Crippen molar-refractivity contribution >= 4 is 11.8 Å². The second-order valence-electron chi connectivity index (χ2n) is 9.87. The summed E-state index contributed by atoms with van der Waals surface area (Å²) in [5.74, 6) is -0.386. The van der Waals surface area contributed by atoms with Gasteiger partial charge in [-0.1, -0.05) is 79.1 Å². The summed E-state index contributed by atoms with van der Waals surface area (Å²) >= 11 is 0. The van der Waals surface area contributed by atoms with Gasteiger partial charge in [-0.15, -0.1) is 0 Å². The predicted molar refractivity (Wildman–Crippen MR) is 143 cm³/mol. The fourth-order valence-electron chi connectivity index (χ4n) is 4.92. The van der Waals surface area contributed by atoms with Crippen molar-refractivity contribution in [1.82, 2.24) is 10.2 Å². The molecule has 1 atom stereocenters. The number of amides is 2. The lowest BCUT2D eigenvalue weighted by atomic mass is 10.0. The van der Waals surface area contributed by atoms with E-state index in [1.54, 1.807) is 18.2 Å². The van der Waals surface area contributed by atoms with Crippen LogP contribution in [-0.4, -0.2) is 35.4 Å². The highest BCUT2D eigenvalue weighted by Crippen LogP contribution is 2.22. The summed E-state index contributed by atoms with van der Waals surface area (Å²) in [7, 11) is 0. The maximum atomic E-state index is 14.7. The molecule has 1 saturated carbocycles. The second kappa shape index (κ2) is 12.5. The van der Waals surface area contributed by atoms with Crippen LogP contribution in [0.5, 0.6) is 5.75 Å². The molecule has 2 amide bonds. The van der Waals surface area contributed by atoms with Crippen molar-refractivity contribution in [2.24, 2.45) is 0 Å². The smallest absolute Gasteiger partial charge is 0.261 e. The van der Waals surface area contributed by atoms with Gasteiger partial charge >= 0.3 is 0 Å². The summed E-state index contributed by atoms with van der Waals surface area (Å²) in [6.07, 6.45) is 4.34. The van der Waals surface area contributed by atoms with Crippen molar-refractivity contribution in [1.29, 1.82) is 0 Å². The van der Waals surface area contributed by atoms with E-state index in [0.717, 1.165) is 42.4 Å². The fourth-order valence-corrected chi connectivity index (χ4v) is 4.92. The van der Waals surface area contributed by atoms with Gasteiger partial charge in [0, 0.05) is 24.6 Å². The van der Waals surface area contributed by atoms with Gasteiger partial charge in [0.25, 0.3) is 5.91 Å². The average Bonchev–Trinajstić information content (AvgIpc) is 3.40. The Hall–Kier alpha value is -3.67. The van der Waals surface area contributed by atoms with Crippen LogP contribution in [0.2, 0.25) is 0 Å². The number of carbonyl (C=O) groups excluding carboxylic acids is 2. The van der Waals surface area contributed by atoms with Gasteiger partial charge in [0.1, 0.15) is 17.6 Å². The Labute approximate surface area is 218 Å². The summed E-state index contributed by atoms with van der Waals surface area (Å²) in [4.78, 5) is 28.8. The van der Waals surface area contributed by atoms with Crippen LogP contribution in [0.25, 0.3) is 0 Å². The van der Waals surface area contributed by atoms with Crippen molar-refractivity contribution in [3.05, 3.63) is 101 Å². The van der Waals surface area contributed by atoms with Crippen molar-refractivity contribution in [2.45, 2.75) is 64.6 Å². The molecular formula is C31H35FN2O3. The highest BCUT2D eigenvalue weighted by molar-refractivity contribution is 5.88. The topological polar surface area (TPSA) is 58.6 Å². The van der Waals surface area contributed by atoms with E-state index in [4.69, 9.17) is 4.74 Å². The van der Waals surface area contributed by atoms with E-state index in [-0.39, 0.29) is 31.0 Å². The third kappa shape index (κ3) is 7.19. The maximum absolute atomic E-state index is 14.7. The Bertz CT molecular complexity index is 1210. The fraction of sp³-hybridized carbons (Fsp3) is 0.355. The van der Waals surface area contributed by atoms with Gasteiger partial charge in [-0.05, 0) is 49.9 Å². The lowest BCUT2D eigenvalue weighted by Gasteiger charge is -2.32. The zero-order chi connectivity index (χ0) is 26.2. The van der Waals surface area contributed by atoms with Crippen LogP contribution in [0.3, 0.4) is 0 Å². The molecule has 1 aliphatic carbocycles. The molecule has 4 rings (SSSR count). The highest BCUT2D eigenvalue weighted by Gasteiger charge is 2.33. The number of benzene rings is 3. The third-order valence-electron chi connectivity index (χ3n) is 6.95. The van der Waals surface area contributed by atoms with E-state index < -0.39 is 11.9 Å². The zero-order valence-corrected chi connectivity index (χ0v) is 21.6. The number of carbonyl (C=O) groups is 2. The lowest BCUT2D eigenvalue weighted by Crippen LogP contribution is -2.53. The number of halogens is 1. The van der Waals surface area contributed by atoms with Gasteiger partial charge < -0.3 is 15.0 Å². The van der Waals surface area contributed by atoms with Crippen molar-refractivity contribution in [3.8, 4) is 5.75 Å². The van der Waals surface area contributed by atoms with Gasteiger partial charge in [-0.3, -0.25) is 9.59 Å². The van der Waals surface area contributed by atoms with Gasteiger partial charge in [0.2, 0.25) is 5.91 Å². The number of nitrogens with zero attached hydrogens (tertiary/aromatic N) is 1. The molecule has 1 aliphatic rings. The summed E-state index contributed by atoms with van der Waals surface area (Å²) < 4.78 is 20.6. The van der Waals surface area contributed by atoms with Gasteiger partial charge in [0.05, 0.1) is 0 Å². The van der Waals surface area contributed by atoms with Crippen LogP contribution in [0.15, 0.2) is 72.8 Å². The average molecular weight is 503 g/mol. The summed E-state index contributed by atoms with van der Waals surface area (Å²) in [6, 6.07) is 21.0. The number of hydrogen-bond donors (Lipinski definition) is 1. The second-order valence-corrected chi connectivity index (χ2v) is 9.87. The van der Waals surface area contributed by atoms with E-state index in [9.17, 15) is 14.0 Å². The summed E-state index contributed by atoms with van der Waals surface area (Å²) in [5, 5.41) is 3.16. The normalized spacial score (nSPS) is 14.2. The number of rotatable bonds is 10. The lowest BCUT2D eigenvalue weighted by molar-refractivity contribution is -0.143.